The van der Waals surface area contributed by atoms with Crippen LogP contribution in [0.15, 0.2) is 65.4 Å². The molecule has 2 aromatic heterocycles. The summed E-state index contributed by atoms with van der Waals surface area (Å²) in [5.74, 6) is -0.479. The number of carbonyl (C=O) groups excluding carboxylic acids is 1. The zero-order valence-corrected chi connectivity index (χ0v) is 18.7. The monoisotopic (exact) mass is 481 g/mol. The first kappa shape index (κ1) is 21.0. The molecule has 1 amide bonds. The van der Waals surface area contributed by atoms with Gasteiger partial charge >= 0.3 is 0 Å². The second-order valence-electron chi connectivity index (χ2n) is 7.35. The Morgan fingerprint density at radius 1 is 1.03 bits per heavy atom. The molecule has 158 valence electrons. The third-order valence-corrected chi connectivity index (χ3v) is 6.14. The molecule has 0 atom stereocenters. The quantitative estimate of drug-likeness (QED) is 0.423. The summed E-state index contributed by atoms with van der Waals surface area (Å²) in [6.07, 6.45) is 3.34. The van der Waals surface area contributed by atoms with Gasteiger partial charge in [0.15, 0.2) is 0 Å². The average molecular weight is 482 g/mol. The van der Waals surface area contributed by atoms with Gasteiger partial charge in [-0.3, -0.25) is 14.2 Å². The van der Waals surface area contributed by atoms with Crippen LogP contribution in [0.4, 0.5) is 10.1 Å². The molecule has 2 aromatic carbocycles. The Morgan fingerprint density at radius 3 is 2.32 bits per heavy atom. The Balaban J connectivity index is 1.38. The van der Waals surface area contributed by atoms with Gasteiger partial charge in [0.1, 0.15) is 5.82 Å². The Labute approximate surface area is 187 Å². The lowest BCUT2D eigenvalue weighted by atomic mass is 10.1. The number of amides is 1. The van der Waals surface area contributed by atoms with E-state index in [1.165, 1.54) is 12.1 Å². The van der Waals surface area contributed by atoms with E-state index in [0.717, 1.165) is 27.0 Å². The SMILES string of the molecule is Cc1nn(Cc2ccc(C(=O)Nc3cnn(Cc4ccc(F)cc4)c3)cc2)c(C)c1Br. The normalized spacial score (nSPS) is 11.0. The number of hydrogen-bond acceptors (Lipinski definition) is 3. The fourth-order valence-corrected chi connectivity index (χ4v) is 3.54. The Hall–Kier alpha value is -3.26. The molecule has 0 unspecified atom stereocenters. The molecule has 0 aliphatic carbocycles. The van der Waals surface area contributed by atoms with Crippen LogP contribution in [0.2, 0.25) is 0 Å². The summed E-state index contributed by atoms with van der Waals surface area (Å²) in [6, 6.07) is 13.7. The number of nitrogens with zero attached hydrogens (tertiary/aromatic N) is 4. The summed E-state index contributed by atoms with van der Waals surface area (Å²) in [5.41, 5.74) is 5.16. The number of halogens is 2. The minimum absolute atomic E-state index is 0.207. The molecule has 0 saturated heterocycles. The number of carbonyl (C=O) groups is 1. The van der Waals surface area contributed by atoms with Crippen molar-refractivity contribution in [3.8, 4) is 0 Å². The van der Waals surface area contributed by atoms with E-state index in [2.05, 4.69) is 31.4 Å². The van der Waals surface area contributed by atoms with Crippen LogP contribution in [0, 0.1) is 19.7 Å². The van der Waals surface area contributed by atoms with Crippen LogP contribution in [0.25, 0.3) is 0 Å². The van der Waals surface area contributed by atoms with Crippen molar-refractivity contribution in [2.75, 3.05) is 5.32 Å². The average Bonchev–Trinajstić information content (AvgIpc) is 3.29. The fraction of sp³-hybridized carbons (Fsp3) is 0.174. The van der Waals surface area contributed by atoms with E-state index >= 15 is 0 Å². The van der Waals surface area contributed by atoms with Gasteiger partial charge in [0.2, 0.25) is 0 Å². The molecule has 8 heteroatoms. The molecule has 0 spiro atoms. The van der Waals surface area contributed by atoms with Crippen molar-refractivity contribution in [1.82, 2.24) is 19.6 Å². The Kier molecular flexibility index (Phi) is 5.99. The van der Waals surface area contributed by atoms with Gasteiger partial charge in [0, 0.05) is 11.8 Å². The summed E-state index contributed by atoms with van der Waals surface area (Å²) >= 11 is 3.54. The van der Waals surface area contributed by atoms with Crippen molar-refractivity contribution < 1.29 is 9.18 Å². The van der Waals surface area contributed by atoms with Crippen LogP contribution in [0.5, 0.6) is 0 Å². The molecule has 0 bridgehead atoms. The van der Waals surface area contributed by atoms with E-state index in [4.69, 9.17) is 0 Å². The van der Waals surface area contributed by atoms with Gasteiger partial charge in [-0.2, -0.15) is 10.2 Å². The summed E-state index contributed by atoms with van der Waals surface area (Å²) in [6.45, 7) is 5.11. The summed E-state index contributed by atoms with van der Waals surface area (Å²) < 4.78 is 17.7. The maximum Gasteiger partial charge on any atom is 0.255 e. The second-order valence-corrected chi connectivity index (χ2v) is 8.14. The van der Waals surface area contributed by atoms with Gasteiger partial charge in [-0.25, -0.2) is 4.39 Å². The lowest BCUT2D eigenvalue weighted by Gasteiger charge is -2.07. The molecule has 0 fully saturated rings. The highest BCUT2D eigenvalue weighted by Gasteiger charge is 2.11. The second kappa shape index (κ2) is 8.85. The molecule has 6 nitrogen and oxygen atoms in total. The fourth-order valence-electron chi connectivity index (χ4n) is 3.26. The summed E-state index contributed by atoms with van der Waals surface area (Å²) in [4.78, 5) is 12.6. The Bertz CT molecular complexity index is 1210. The number of hydrogen-bond donors (Lipinski definition) is 1. The van der Waals surface area contributed by atoms with Crippen molar-refractivity contribution in [2.24, 2.45) is 0 Å². The van der Waals surface area contributed by atoms with Crippen molar-refractivity contribution >= 4 is 27.5 Å². The molecule has 31 heavy (non-hydrogen) atoms. The van der Waals surface area contributed by atoms with E-state index in [1.54, 1.807) is 41.3 Å². The number of aryl methyl sites for hydroxylation is 1. The maximum atomic E-state index is 13.0. The molecular formula is C23H21BrFN5O. The predicted octanol–water partition coefficient (Wildman–Crippen LogP) is 4.95. The molecule has 1 N–H and O–H groups in total. The number of anilines is 1. The number of benzene rings is 2. The number of rotatable bonds is 6. The van der Waals surface area contributed by atoms with Gasteiger partial charge < -0.3 is 5.32 Å². The lowest BCUT2D eigenvalue weighted by Crippen LogP contribution is -2.12. The van der Waals surface area contributed by atoms with E-state index < -0.39 is 0 Å². The highest BCUT2D eigenvalue weighted by Crippen LogP contribution is 2.21. The number of nitrogens with one attached hydrogen (secondary N) is 1. The number of aromatic nitrogens is 4. The van der Waals surface area contributed by atoms with E-state index in [0.29, 0.717) is 24.3 Å². The van der Waals surface area contributed by atoms with E-state index in [9.17, 15) is 9.18 Å². The molecule has 0 aliphatic heterocycles. The lowest BCUT2D eigenvalue weighted by molar-refractivity contribution is 0.102. The van der Waals surface area contributed by atoms with Crippen molar-refractivity contribution in [3.05, 3.63) is 99.3 Å². The third-order valence-electron chi connectivity index (χ3n) is 4.99. The maximum absolute atomic E-state index is 13.0. The Morgan fingerprint density at radius 2 is 1.68 bits per heavy atom. The summed E-state index contributed by atoms with van der Waals surface area (Å²) in [5, 5.41) is 11.6. The molecule has 0 radical (unpaired) electrons. The predicted molar refractivity (Wildman–Crippen MR) is 121 cm³/mol. The van der Waals surface area contributed by atoms with Gasteiger partial charge in [-0.1, -0.05) is 24.3 Å². The standard InChI is InChI=1S/C23H21BrFN5O/c1-15-22(24)16(2)30(28-15)13-18-3-7-19(8-4-18)23(31)27-21-11-26-29(14-21)12-17-5-9-20(25)10-6-17/h3-11,14H,12-13H2,1-2H3,(H,27,31). The molecule has 0 aliphatic rings. The highest BCUT2D eigenvalue weighted by atomic mass is 79.9. The minimum atomic E-state index is -0.272. The first-order chi connectivity index (χ1) is 14.9. The zero-order chi connectivity index (χ0) is 22.0. The van der Waals surface area contributed by atoms with E-state index in [-0.39, 0.29) is 11.7 Å². The van der Waals surface area contributed by atoms with Crippen molar-refractivity contribution in [2.45, 2.75) is 26.9 Å². The van der Waals surface area contributed by atoms with Gasteiger partial charge in [0.25, 0.3) is 5.91 Å². The molecule has 4 aromatic rings. The van der Waals surface area contributed by atoms with Crippen molar-refractivity contribution in [3.63, 3.8) is 0 Å². The van der Waals surface area contributed by atoms with Crippen LogP contribution < -0.4 is 5.32 Å². The smallest absolute Gasteiger partial charge is 0.255 e. The highest BCUT2D eigenvalue weighted by molar-refractivity contribution is 9.10. The van der Waals surface area contributed by atoms with E-state index in [1.807, 2.05) is 30.7 Å². The van der Waals surface area contributed by atoms with Crippen LogP contribution in [0.3, 0.4) is 0 Å². The molecule has 2 heterocycles. The first-order valence-electron chi connectivity index (χ1n) is 9.76. The zero-order valence-electron chi connectivity index (χ0n) is 17.1. The van der Waals surface area contributed by atoms with Crippen LogP contribution in [-0.2, 0) is 13.1 Å². The molecule has 0 saturated carbocycles. The first-order valence-corrected chi connectivity index (χ1v) is 10.5. The van der Waals surface area contributed by atoms with Crippen molar-refractivity contribution in [1.29, 1.82) is 0 Å². The van der Waals surface area contributed by atoms with Crippen LogP contribution in [0.1, 0.15) is 32.9 Å². The largest absolute Gasteiger partial charge is 0.319 e. The van der Waals surface area contributed by atoms with Crippen LogP contribution >= 0.6 is 15.9 Å². The molecule has 4 rings (SSSR count). The summed E-state index contributed by atoms with van der Waals surface area (Å²) in [7, 11) is 0. The van der Waals surface area contributed by atoms with Gasteiger partial charge in [-0.15, -0.1) is 0 Å². The van der Waals surface area contributed by atoms with Gasteiger partial charge in [-0.05, 0) is 65.2 Å². The third kappa shape index (κ3) is 4.91. The van der Waals surface area contributed by atoms with Crippen LogP contribution in [-0.4, -0.2) is 25.5 Å². The topological polar surface area (TPSA) is 64.7 Å². The molecular weight excluding hydrogens is 461 g/mol. The minimum Gasteiger partial charge on any atom is -0.319 e. The van der Waals surface area contributed by atoms with Gasteiger partial charge in [0.05, 0.1) is 40.8 Å².